The first kappa shape index (κ1) is 20.9. The average Bonchev–Trinajstić information content (AvgIpc) is 3.16. The molecular formula is C21H30N6O2. The third-order valence-corrected chi connectivity index (χ3v) is 4.87. The van der Waals surface area contributed by atoms with Crippen molar-refractivity contribution >= 4 is 17.6 Å². The number of carbonyl (C=O) groups is 1. The lowest BCUT2D eigenvalue weighted by Gasteiger charge is -2.34. The number of ether oxygens (including phenoxy) is 1. The van der Waals surface area contributed by atoms with Gasteiger partial charge in [0.15, 0.2) is 5.96 Å². The first-order chi connectivity index (χ1) is 14.0. The van der Waals surface area contributed by atoms with Crippen molar-refractivity contribution in [3.8, 4) is 0 Å². The molecule has 156 valence electrons. The van der Waals surface area contributed by atoms with E-state index < -0.39 is 0 Å². The molecule has 1 saturated heterocycles. The summed E-state index contributed by atoms with van der Waals surface area (Å²) in [6.07, 6.45) is 3.83. The van der Waals surface area contributed by atoms with Crippen LogP contribution in [0.25, 0.3) is 0 Å². The Hall–Kier alpha value is -2.87. The van der Waals surface area contributed by atoms with Crippen LogP contribution in [0.3, 0.4) is 0 Å². The van der Waals surface area contributed by atoms with E-state index >= 15 is 0 Å². The summed E-state index contributed by atoms with van der Waals surface area (Å²) >= 11 is 0. The highest BCUT2D eigenvalue weighted by atomic mass is 16.5. The Balaban J connectivity index is 1.55. The van der Waals surface area contributed by atoms with E-state index in [0.29, 0.717) is 13.2 Å². The molecule has 0 aliphatic carbocycles. The van der Waals surface area contributed by atoms with E-state index in [4.69, 9.17) is 4.74 Å². The first-order valence-corrected chi connectivity index (χ1v) is 9.92. The Morgan fingerprint density at radius 1 is 1.34 bits per heavy atom. The maximum Gasteiger partial charge on any atom is 0.226 e. The van der Waals surface area contributed by atoms with Crippen molar-refractivity contribution in [1.82, 2.24) is 20.0 Å². The number of hydrogen-bond acceptors (Lipinski definition) is 4. The molecule has 1 aliphatic rings. The molecule has 0 radical (unpaired) electrons. The molecule has 1 atom stereocenters. The van der Waals surface area contributed by atoms with Gasteiger partial charge in [0.25, 0.3) is 0 Å². The van der Waals surface area contributed by atoms with Crippen LogP contribution in [-0.4, -0.2) is 53.3 Å². The predicted molar refractivity (Wildman–Crippen MR) is 114 cm³/mol. The summed E-state index contributed by atoms with van der Waals surface area (Å²) in [4.78, 5) is 18.4. The van der Waals surface area contributed by atoms with E-state index in [1.807, 2.05) is 57.6 Å². The molecule has 1 unspecified atom stereocenters. The molecule has 8 heteroatoms. The highest BCUT2D eigenvalue weighted by Crippen LogP contribution is 2.21. The molecule has 3 rings (SSSR count). The van der Waals surface area contributed by atoms with Gasteiger partial charge in [0.2, 0.25) is 5.91 Å². The van der Waals surface area contributed by atoms with Crippen LogP contribution >= 0.6 is 0 Å². The van der Waals surface area contributed by atoms with Crippen LogP contribution in [0.4, 0.5) is 5.69 Å². The molecule has 29 heavy (non-hydrogen) atoms. The smallest absolute Gasteiger partial charge is 0.226 e. The summed E-state index contributed by atoms with van der Waals surface area (Å²) in [7, 11) is 3.70. The molecule has 1 fully saturated rings. The average molecular weight is 399 g/mol. The number of aliphatic imine (C=N–C) groups is 1. The summed E-state index contributed by atoms with van der Waals surface area (Å²) in [6, 6.07) is 7.86. The van der Waals surface area contributed by atoms with Gasteiger partial charge in [-0.1, -0.05) is 26.0 Å². The number of amides is 1. The SMILES string of the molecule is CN=C(NCc1ccc(NC(=O)C(C)C)cc1)N1CCOC(c2cnn(C)c2)C1. The van der Waals surface area contributed by atoms with Crippen molar-refractivity contribution in [1.29, 1.82) is 0 Å². The van der Waals surface area contributed by atoms with E-state index in [0.717, 1.165) is 35.9 Å². The van der Waals surface area contributed by atoms with E-state index in [1.165, 1.54) is 0 Å². The number of guanidine groups is 1. The Labute approximate surface area is 171 Å². The van der Waals surface area contributed by atoms with Gasteiger partial charge in [0.1, 0.15) is 6.10 Å². The van der Waals surface area contributed by atoms with Gasteiger partial charge in [-0.05, 0) is 17.7 Å². The van der Waals surface area contributed by atoms with E-state index in [2.05, 4.69) is 25.6 Å². The largest absolute Gasteiger partial charge is 0.370 e. The van der Waals surface area contributed by atoms with Gasteiger partial charge in [-0.3, -0.25) is 14.5 Å². The van der Waals surface area contributed by atoms with Crippen molar-refractivity contribution in [2.24, 2.45) is 18.0 Å². The number of nitrogens with zero attached hydrogens (tertiary/aromatic N) is 4. The summed E-state index contributed by atoms with van der Waals surface area (Å²) < 4.78 is 7.70. The van der Waals surface area contributed by atoms with Crippen molar-refractivity contribution in [3.63, 3.8) is 0 Å². The fourth-order valence-electron chi connectivity index (χ4n) is 3.16. The van der Waals surface area contributed by atoms with Crippen molar-refractivity contribution in [3.05, 3.63) is 47.8 Å². The first-order valence-electron chi connectivity index (χ1n) is 9.92. The number of aromatic nitrogens is 2. The second-order valence-corrected chi connectivity index (χ2v) is 7.49. The molecule has 2 heterocycles. The van der Waals surface area contributed by atoms with Gasteiger partial charge in [-0.15, -0.1) is 0 Å². The Morgan fingerprint density at radius 2 is 2.10 bits per heavy atom. The van der Waals surface area contributed by atoms with Gasteiger partial charge in [-0.25, -0.2) is 0 Å². The lowest BCUT2D eigenvalue weighted by atomic mass is 10.1. The molecular weight excluding hydrogens is 368 g/mol. The fraction of sp³-hybridized carbons (Fsp3) is 0.476. The second-order valence-electron chi connectivity index (χ2n) is 7.49. The molecule has 2 aromatic rings. The van der Waals surface area contributed by atoms with Crippen LogP contribution in [0, 0.1) is 5.92 Å². The minimum Gasteiger partial charge on any atom is -0.370 e. The third kappa shape index (κ3) is 5.57. The minimum atomic E-state index is -0.0383. The topological polar surface area (TPSA) is 83.8 Å². The zero-order chi connectivity index (χ0) is 20.8. The number of nitrogens with one attached hydrogen (secondary N) is 2. The zero-order valence-corrected chi connectivity index (χ0v) is 17.6. The highest BCUT2D eigenvalue weighted by molar-refractivity contribution is 5.92. The number of hydrogen-bond donors (Lipinski definition) is 2. The van der Waals surface area contributed by atoms with Crippen LogP contribution in [-0.2, 0) is 23.1 Å². The Bertz CT molecular complexity index is 843. The van der Waals surface area contributed by atoms with Crippen molar-refractivity contribution in [2.45, 2.75) is 26.5 Å². The molecule has 8 nitrogen and oxygen atoms in total. The summed E-state index contributed by atoms with van der Waals surface area (Å²) in [5.74, 6) is 0.829. The van der Waals surface area contributed by atoms with E-state index in [9.17, 15) is 4.79 Å². The van der Waals surface area contributed by atoms with Crippen molar-refractivity contribution in [2.75, 3.05) is 32.1 Å². The predicted octanol–water partition coefficient (Wildman–Crippen LogP) is 2.16. The molecule has 1 aromatic carbocycles. The van der Waals surface area contributed by atoms with Gasteiger partial charge < -0.3 is 20.3 Å². The molecule has 1 amide bonds. The fourth-order valence-corrected chi connectivity index (χ4v) is 3.16. The standard InChI is InChI=1S/C21H30N6O2/c1-15(2)20(28)25-18-7-5-16(6-8-18)11-23-21(22-3)27-9-10-29-19(14-27)17-12-24-26(4)13-17/h5-8,12-13,15,19H,9-11,14H2,1-4H3,(H,22,23)(H,25,28). The highest BCUT2D eigenvalue weighted by Gasteiger charge is 2.25. The second kappa shape index (κ2) is 9.56. The number of anilines is 1. The third-order valence-electron chi connectivity index (χ3n) is 4.87. The van der Waals surface area contributed by atoms with Crippen LogP contribution in [0.2, 0.25) is 0 Å². The Kier molecular flexibility index (Phi) is 6.87. The normalized spacial score (nSPS) is 17.5. The number of carbonyl (C=O) groups excluding carboxylic acids is 1. The maximum absolute atomic E-state index is 11.8. The summed E-state index contributed by atoms with van der Waals surface area (Å²) in [6.45, 7) is 6.57. The van der Waals surface area contributed by atoms with Crippen LogP contribution in [0.15, 0.2) is 41.7 Å². The minimum absolute atomic E-state index is 0.0140. The van der Waals surface area contributed by atoms with Crippen LogP contribution < -0.4 is 10.6 Å². The molecule has 0 bridgehead atoms. The quantitative estimate of drug-likeness (QED) is 0.596. The summed E-state index contributed by atoms with van der Waals surface area (Å²) in [5.41, 5.74) is 3.00. The number of rotatable bonds is 5. The van der Waals surface area contributed by atoms with Crippen molar-refractivity contribution < 1.29 is 9.53 Å². The molecule has 1 aliphatic heterocycles. The summed E-state index contributed by atoms with van der Waals surface area (Å²) in [5, 5.41) is 10.6. The molecule has 1 aromatic heterocycles. The number of morpholine rings is 1. The van der Waals surface area contributed by atoms with Gasteiger partial charge in [-0.2, -0.15) is 5.10 Å². The van der Waals surface area contributed by atoms with E-state index in [1.54, 1.807) is 11.7 Å². The van der Waals surface area contributed by atoms with Crippen LogP contribution in [0.5, 0.6) is 0 Å². The molecule has 0 saturated carbocycles. The lowest BCUT2D eigenvalue weighted by molar-refractivity contribution is -0.118. The van der Waals surface area contributed by atoms with Gasteiger partial charge in [0.05, 0.1) is 19.3 Å². The number of aryl methyl sites for hydroxylation is 1. The zero-order valence-electron chi connectivity index (χ0n) is 17.6. The number of benzene rings is 1. The van der Waals surface area contributed by atoms with Gasteiger partial charge >= 0.3 is 0 Å². The van der Waals surface area contributed by atoms with E-state index in [-0.39, 0.29) is 17.9 Å². The molecule has 2 N–H and O–H groups in total. The maximum atomic E-state index is 11.8. The lowest BCUT2D eigenvalue weighted by Crippen LogP contribution is -2.47. The van der Waals surface area contributed by atoms with Crippen LogP contribution in [0.1, 0.15) is 31.1 Å². The molecule has 0 spiro atoms. The van der Waals surface area contributed by atoms with Gasteiger partial charge in [0, 0.05) is 50.6 Å². The monoisotopic (exact) mass is 398 g/mol. The Morgan fingerprint density at radius 3 is 2.72 bits per heavy atom.